The lowest BCUT2D eigenvalue weighted by molar-refractivity contribution is 0.162. The van der Waals surface area contributed by atoms with Crippen molar-refractivity contribution in [3.8, 4) is 11.8 Å². The molecule has 1 N–H and O–H groups in total. The minimum absolute atomic E-state index is 0.0906. The van der Waals surface area contributed by atoms with Gasteiger partial charge in [0.2, 0.25) is 0 Å². The summed E-state index contributed by atoms with van der Waals surface area (Å²) in [6.07, 6.45) is 1.94. The Hall–Kier alpha value is -2.11. The topological polar surface area (TPSA) is 90.6 Å². The van der Waals surface area contributed by atoms with Crippen LogP contribution in [0.15, 0.2) is 47.4 Å². The Labute approximate surface area is 182 Å². The standard InChI is InChI=1S/C22H25ClN2O4S/c1-30(27,28)22-4-2-21(3-5-22)29-15-19-13-25(12-18(19)14-26)7-6-16-8-17(11-24)10-20(23)9-16/h2-5,8-10,18-19,26H,6-7,12-15H2,1H3/t18-,19-/m0/s1. The predicted molar refractivity (Wildman–Crippen MR) is 115 cm³/mol. The Kier molecular flexibility index (Phi) is 7.37. The first-order valence-corrected chi connectivity index (χ1v) is 12.0. The number of halogens is 1. The van der Waals surface area contributed by atoms with Crippen molar-refractivity contribution in [2.45, 2.75) is 11.3 Å². The third-order valence-electron chi connectivity index (χ3n) is 5.41. The van der Waals surface area contributed by atoms with Gasteiger partial charge < -0.3 is 14.7 Å². The van der Waals surface area contributed by atoms with Crippen LogP contribution in [0, 0.1) is 23.2 Å². The van der Waals surface area contributed by atoms with E-state index in [1.165, 1.54) is 18.4 Å². The van der Waals surface area contributed by atoms with Crippen molar-refractivity contribution in [3.63, 3.8) is 0 Å². The number of aliphatic hydroxyl groups excluding tert-OH is 1. The molecule has 0 aromatic heterocycles. The quantitative estimate of drug-likeness (QED) is 0.667. The van der Waals surface area contributed by atoms with E-state index in [1.54, 1.807) is 18.2 Å². The van der Waals surface area contributed by atoms with Crippen LogP contribution in [0.25, 0.3) is 0 Å². The maximum Gasteiger partial charge on any atom is 0.175 e. The lowest BCUT2D eigenvalue weighted by Gasteiger charge is -2.17. The molecule has 2 aromatic rings. The van der Waals surface area contributed by atoms with E-state index in [0.29, 0.717) is 22.9 Å². The van der Waals surface area contributed by atoms with Crippen molar-refractivity contribution in [1.82, 2.24) is 4.90 Å². The zero-order valence-corrected chi connectivity index (χ0v) is 18.4. The zero-order chi connectivity index (χ0) is 21.7. The first kappa shape index (κ1) is 22.6. The van der Waals surface area contributed by atoms with Gasteiger partial charge in [0, 0.05) is 49.4 Å². The van der Waals surface area contributed by atoms with Gasteiger partial charge in [-0.3, -0.25) is 0 Å². The molecule has 0 saturated carbocycles. The molecule has 2 atom stereocenters. The number of sulfone groups is 1. The lowest BCUT2D eigenvalue weighted by atomic mass is 9.98. The predicted octanol–water partition coefficient (Wildman–Crippen LogP) is 2.78. The Morgan fingerprint density at radius 2 is 1.90 bits per heavy atom. The molecule has 0 bridgehead atoms. The Bertz CT molecular complexity index is 1020. The van der Waals surface area contributed by atoms with Gasteiger partial charge in [0.05, 0.1) is 23.1 Å². The van der Waals surface area contributed by atoms with Gasteiger partial charge in [-0.15, -0.1) is 0 Å². The van der Waals surface area contributed by atoms with Gasteiger partial charge in [-0.2, -0.15) is 5.26 Å². The summed E-state index contributed by atoms with van der Waals surface area (Å²) < 4.78 is 29.0. The smallest absolute Gasteiger partial charge is 0.175 e. The average molecular weight is 449 g/mol. The van der Waals surface area contributed by atoms with E-state index in [2.05, 4.69) is 11.0 Å². The second kappa shape index (κ2) is 9.80. The van der Waals surface area contributed by atoms with Gasteiger partial charge in [-0.1, -0.05) is 11.6 Å². The molecule has 0 unspecified atom stereocenters. The summed E-state index contributed by atoms with van der Waals surface area (Å²) >= 11 is 6.08. The number of benzene rings is 2. The number of rotatable bonds is 8. The van der Waals surface area contributed by atoms with Crippen LogP contribution >= 0.6 is 11.6 Å². The maximum atomic E-state index is 11.6. The van der Waals surface area contributed by atoms with Gasteiger partial charge in [0.1, 0.15) is 5.75 Å². The molecule has 8 heteroatoms. The van der Waals surface area contributed by atoms with Gasteiger partial charge in [-0.05, 0) is 54.4 Å². The van der Waals surface area contributed by atoms with Gasteiger partial charge >= 0.3 is 0 Å². The van der Waals surface area contributed by atoms with Crippen molar-refractivity contribution < 1.29 is 18.3 Å². The van der Waals surface area contributed by atoms with E-state index in [1.807, 2.05) is 12.1 Å². The highest BCUT2D eigenvalue weighted by atomic mass is 35.5. The van der Waals surface area contributed by atoms with Crippen LogP contribution in [0.3, 0.4) is 0 Å². The first-order valence-electron chi connectivity index (χ1n) is 9.74. The molecule has 1 aliphatic heterocycles. The van der Waals surface area contributed by atoms with Crippen LogP contribution in [-0.4, -0.2) is 57.5 Å². The third kappa shape index (κ3) is 5.96. The number of hydrogen-bond donors (Lipinski definition) is 1. The normalized spacial score (nSPS) is 19.5. The van der Waals surface area contributed by atoms with Crippen LogP contribution < -0.4 is 4.74 Å². The van der Waals surface area contributed by atoms with Gasteiger partial charge in [-0.25, -0.2) is 8.42 Å². The fourth-order valence-corrected chi connectivity index (χ4v) is 4.64. The molecule has 1 heterocycles. The first-order chi connectivity index (χ1) is 14.3. The van der Waals surface area contributed by atoms with Crippen molar-refractivity contribution in [2.75, 3.05) is 39.1 Å². The van der Waals surface area contributed by atoms with Crippen molar-refractivity contribution in [1.29, 1.82) is 5.26 Å². The molecule has 30 heavy (non-hydrogen) atoms. The summed E-state index contributed by atoms with van der Waals surface area (Å²) in [6.45, 7) is 2.94. The second-order valence-corrected chi connectivity index (χ2v) is 10.2. The Morgan fingerprint density at radius 1 is 1.20 bits per heavy atom. The van der Waals surface area contributed by atoms with E-state index in [0.717, 1.165) is 31.6 Å². The van der Waals surface area contributed by atoms with E-state index < -0.39 is 9.84 Å². The summed E-state index contributed by atoms with van der Waals surface area (Å²) in [4.78, 5) is 2.55. The SMILES string of the molecule is CS(=O)(=O)c1ccc(OC[C@@H]2CN(CCc3cc(Cl)cc(C#N)c3)C[C@H]2CO)cc1. The largest absolute Gasteiger partial charge is 0.493 e. The molecule has 160 valence electrons. The van der Waals surface area contributed by atoms with Crippen LogP contribution in [0.4, 0.5) is 0 Å². The maximum absolute atomic E-state index is 11.6. The van der Waals surface area contributed by atoms with E-state index >= 15 is 0 Å². The molecule has 1 fully saturated rings. The highest BCUT2D eigenvalue weighted by Crippen LogP contribution is 2.25. The molecule has 0 radical (unpaired) electrons. The number of aliphatic hydroxyl groups is 1. The van der Waals surface area contributed by atoms with Crippen LogP contribution in [-0.2, 0) is 16.3 Å². The highest BCUT2D eigenvalue weighted by Gasteiger charge is 2.32. The Balaban J connectivity index is 1.54. The molecule has 0 amide bonds. The fraction of sp³-hybridized carbons (Fsp3) is 0.409. The van der Waals surface area contributed by atoms with Crippen LogP contribution in [0.5, 0.6) is 5.75 Å². The van der Waals surface area contributed by atoms with Gasteiger partial charge in [0.15, 0.2) is 9.84 Å². The minimum Gasteiger partial charge on any atom is -0.493 e. The monoisotopic (exact) mass is 448 g/mol. The summed E-state index contributed by atoms with van der Waals surface area (Å²) in [6, 6.07) is 13.9. The van der Waals surface area contributed by atoms with Crippen molar-refractivity contribution in [3.05, 3.63) is 58.6 Å². The molecule has 0 aliphatic carbocycles. The van der Waals surface area contributed by atoms with Crippen LogP contribution in [0.1, 0.15) is 11.1 Å². The zero-order valence-electron chi connectivity index (χ0n) is 16.8. The molecular formula is C22H25ClN2O4S. The van der Waals surface area contributed by atoms with Crippen LogP contribution in [0.2, 0.25) is 5.02 Å². The molecule has 0 spiro atoms. The highest BCUT2D eigenvalue weighted by molar-refractivity contribution is 7.90. The molecule has 1 saturated heterocycles. The number of nitrogens with zero attached hydrogens (tertiary/aromatic N) is 2. The van der Waals surface area contributed by atoms with E-state index in [9.17, 15) is 13.5 Å². The molecule has 6 nitrogen and oxygen atoms in total. The second-order valence-electron chi connectivity index (χ2n) is 7.73. The summed E-state index contributed by atoms with van der Waals surface area (Å²) in [7, 11) is -3.23. The molecule has 1 aliphatic rings. The lowest BCUT2D eigenvalue weighted by Crippen LogP contribution is -2.24. The number of likely N-dealkylation sites (tertiary alicyclic amines) is 1. The molecule has 3 rings (SSSR count). The van der Waals surface area contributed by atoms with Gasteiger partial charge in [0.25, 0.3) is 0 Å². The van der Waals surface area contributed by atoms with Crippen molar-refractivity contribution in [2.24, 2.45) is 11.8 Å². The summed E-state index contributed by atoms with van der Waals surface area (Å²) in [5, 5.41) is 19.4. The average Bonchev–Trinajstić information content (AvgIpc) is 3.12. The van der Waals surface area contributed by atoms with E-state index in [4.69, 9.17) is 21.6 Å². The van der Waals surface area contributed by atoms with Crippen molar-refractivity contribution >= 4 is 21.4 Å². The number of ether oxygens (including phenoxy) is 1. The fourth-order valence-electron chi connectivity index (χ4n) is 3.75. The number of hydrogen-bond acceptors (Lipinski definition) is 6. The number of nitriles is 1. The minimum atomic E-state index is -3.23. The molecule has 2 aromatic carbocycles. The third-order valence-corrected chi connectivity index (χ3v) is 6.75. The molecular weight excluding hydrogens is 424 g/mol. The summed E-state index contributed by atoms with van der Waals surface area (Å²) in [5.74, 6) is 0.911. The van der Waals surface area contributed by atoms with E-state index in [-0.39, 0.29) is 23.3 Å². The summed E-state index contributed by atoms with van der Waals surface area (Å²) in [5.41, 5.74) is 1.57. The Morgan fingerprint density at radius 3 is 2.53 bits per heavy atom.